The highest BCUT2D eigenvalue weighted by atomic mass is 35.5. The Morgan fingerprint density at radius 3 is 2.42 bits per heavy atom. The zero-order valence-corrected chi connectivity index (χ0v) is 17.5. The van der Waals surface area contributed by atoms with E-state index in [1.54, 1.807) is 60.7 Å². The number of aliphatic hydroxyl groups excluding tert-OH is 1. The van der Waals surface area contributed by atoms with E-state index in [0.29, 0.717) is 34.3 Å². The first-order chi connectivity index (χ1) is 15.0. The lowest BCUT2D eigenvalue weighted by Crippen LogP contribution is -2.29. The molecular weight excluding hydrogens is 418 g/mol. The molecule has 1 unspecified atom stereocenters. The highest BCUT2D eigenvalue weighted by Gasteiger charge is 2.46. The summed E-state index contributed by atoms with van der Waals surface area (Å²) in [6.45, 7) is 2.50. The second-order valence-electron chi connectivity index (χ2n) is 7.02. The maximum atomic E-state index is 13.0. The molecule has 3 aromatic rings. The first-order valence-electron chi connectivity index (χ1n) is 9.79. The summed E-state index contributed by atoms with van der Waals surface area (Å²) in [4.78, 5) is 27.3. The fourth-order valence-corrected chi connectivity index (χ4v) is 3.76. The predicted octanol–water partition coefficient (Wildman–Crippen LogP) is 4.95. The minimum Gasteiger partial charge on any atom is -0.507 e. The number of nitrogens with zero attached hydrogens (tertiary/aromatic N) is 1. The van der Waals surface area contributed by atoms with Crippen molar-refractivity contribution >= 4 is 29.1 Å². The fourth-order valence-electron chi connectivity index (χ4n) is 3.64. The van der Waals surface area contributed by atoms with Crippen LogP contribution in [0.3, 0.4) is 0 Å². The fraction of sp³-hybridized carbons (Fsp3) is 0.167. The average molecular weight is 438 g/mol. The lowest BCUT2D eigenvalue weighted by atomic mass is 9.95. The van der Waals surface area contributed by atoms with Crippen LogP contribution in [0.5, 0.6) is 5.75 Å². The number of hydrogen-bond acceptors (Lipinski definition) is 5. The molecule has 6 nitrogen and oxygen atoms in total. The molecule has 158 valence electrons. The van der Waals surface area contributed by atoms with Crippen molar-refractivity contribution < 1.29 is 23.8 Å². The van der Waals surface area contributed by atoms with Crippen molar-refractivity contribution in [2.45, 2.75) is 19.5 Å². The average Bonchev–Trinajstić information content (AvgIpc) is 3.37. The second kappa shape index (κ2) is 8.70. The van der Waals surface area contributed by atoms with Crippen LogP contribution in [0.15, 0.2) is 76.9 Å². The number of Topliss-reactive ketones (excluding diaryl/α,β-unsaturated/α-hetero) is 1. The highest BCUT2D eigenvalue weighted by Crippen LogP contribution is 2.40. The molecule has 4 rings (SSSR count). The smallest absolute Gasteiger partial charge is 0.296 e. The third-order valence-electron chi connectivity index (χ3n) is 5.07. The lowest BCUT2D eigenvalue weighted by molar-refractivity contribution is -0.140. The van der Waals surface area contributed by atoms with E-state index in [2.05, 4.69) is 0 Å². The Hall–Kier alpha value is -3.51. The van der Waals surface area contributed by atoms with Crippen LogP contribution in [0.4, 0.5) is 0 Å². The third-order valence-corrected chi connectivity index (χ3v) is 5.32. The molecule has 1 saturated heterocycles. The number of ketones is 1. The van der Waals surface area contributed by atoms with Gasteiger partial charge in [0.1, 0.15) is 17.3 Å². The van der Waals surface area contributed by atoms with E-state index in [4.69, 9.17) is 20.8 Å². The van der Waals surface area contributed by atoms with Gasteiger partial charge in [0.15, 0.2) is 0 Å². The van der Waals surface area contributed by atoms with Crippen LogP contribution >= 0.6 is 11.6 Å². The SMILES string of the molecule is CCOc1ccc(C2C(=C(O)c3ccc(Cl)cc3)C(=O)C(=O)N2Cc2ccco2)cc1. The first kappa shape index (κ1) is 20.8. The van der Waals surface area contributed by atoms with Gasteiger partial charge in [-0.3, -0.25) is 9.59 Å². The van der Waals surface area contributed by atoms with Gasteiger partial charge in [-0.25, -0.2) is 0 Å². The molecule has 7 heteroatoms. The van der Waals surface area contributed by atoms with Gasteiger partial charge in [0.25, 0.3) is 11.7 Å². The Balaban J connectivity index is 1.82. The molecule has 31 heavy (non-hydrogen) atoms. The molecule has 1 aliphatic rings. The summed E-state index contributed by atoms with van der Waals surface area (Å²) in [6.07, 6.45) is 1.51. The van der Waals surface area contributed by atoms with Crippen LogP contribution in [-0.2, 0) is 16.1 Å². The maximum Gasteiger partial charge on any atom is 0.296 e. The zero-order chi connectivity index (χ0) is 22.0. The molecule has 0 saturated carbocycles. The van der Waals surface area contributed by atoms with Crippen LogP contribution < -0.4 is 4.74 Å². The topological polar surface area (TPSA) is 80.0 Å². The summed E-state index contributed by atoms with van der Waals surface area (Å²) in [5.74, 6) is -0.504. The molecular formula is C24H20ClNO5. The van der Waals surface area contributed by atoms with E-state index in [9.17, 15) is 14.7 Å². The first-order valence-corrected chi connectivity index (χ1v) is 10.2. The minimum absolute atomic E-state index is 0.0167. The molecule has 1 aliphatic heterocycles. The number of rotatable bonds is 6. The quantitative estimate of drug-likeness (QED) is 0.335. The van der Waals surface area contributed by atoms with Crippen molar-refractivity contribution in [1.82, 2.24) is 4.90 Å². The van der Waals surface area contributed by atoms with Gasteiger partial charge in [-0.2, -0.15) is 0 Å². The Morgan fingerprint density at radius 1 is 1.10 bits per heavy atom. The standard InChI is InChI=1S/C24H20ClNO5/c1-2-30-18-11-7-15(8-12-18)21-20(22(27)16-5-9-17(25)10-6-16)23(28)24(29)26(21)14-19-4-3-13-31-19/h3-13,21,27H,2,14H2,1H3. The molecule has 0 radical (unpaired) electrons. The van der Waals surface area contributed by atoms with Crippen molar-refractivity contribution in [2.24, 2.45) is 0 Å². The van der Waals surface area contributed by atoms with Gasteiger partial charge in [0.05, 0.1) is 31.0 Å². The van der Waals surface area contributed by atoms with Crippen molar-refractivity contribution in [1.29, 1.82) is 0 Å². The van der Waals surface area contributed by atoms with Gasteiger partial charge in [0, 0.05) is 10.6 Å². The van der Waals surface area contributed by atoms with E-state index in [1.165, 1.54) is 11.2 Å². The van der Waals surface area contributed by atoms with E-state index in [-0.39, 0.29) is 17.9 Å². The summed E-state index contributed by atoms with van der Waals surface area (Å²) in [5, 5.41) is 11.5. The second-order valence-corrected chi connectivity index (χ2v) is 7.45. The number of halogens is 1. The van der Waals surface area contributed by atoms with E-state index < -0.39 is 17.7 Å². The molecule has 2 heterocycles. The number of amides is 1. The maximum absolute atomic E-state index is 13.0. The molecule has 1 amide bonds. The summed E-state index contributed by atoms with van der Waals surface area (Å²) in [5.41, 5.74) is 1.09. The number of ether oxygens (including phenoxy) is 1. The van der Waals surface area contributed by atoms with Gasteiger partial charge < -0.3 is 19.2 Å². The monoisotopic (exact) mass is 437 g/mol. The van der Waals surface area contributed by atoms with Crippen LogP contribution in [0.1, 0.15) is 29.9 Å². The molecule has 0 aliphatic carbocycles. The predicted molar refractivity (Wildman–Crippen MR) is 116 cm³/mol. The van der Waals surface area contributed by atoms with Crippen LogP contribution in [0.25, 0.3) is 5.76 Å². The number of carbonyl (C=O) groups is 2. The molecule has 0 spiro atoms. The molecule has 1 atom stereocenters. The number of aliphatic hydroxyl groups is 1. The molecule has 2 aromatic carbocycles. The lowest BCUT2D eigenvalue weighted by Gasteiger charge is -2.24. The Kier molecular flexibility index (Phi) is 5.82. The van der Waals surface area contributed by atoms with E-state index in [1.807, 2.05) is 6.92 Å². The van der Waals surface area contributed by atoms with E-state index in [0.717, 1.165) is 0 Å². The summed E-state index contributed by atoms with van der Waals surface area (Å²) in [6, 6.07) is 16.2. The van der Waals surface area contributed by atoms with Crippen molar-refractivity contribution in [2.75, 3.05) is 6.61 Å². The van der Waals surface area contributed by atoms with Crippen LogP contribution in [-0.4, -0.2) is 28.3 Å². The van der Waals surface area contributed by atoms with Gasteiger partial charge >= 0.3 is 0 Å². The number of likely N-dealkylation sites (tertiary alicyclic amines) is 1. The number of benzene rings is 2. The summed E-state index contributed by atoms with van der Waals surface area (Å²) in [7, 11) is 0. The number of furan rings is 1. The summed E-state index contributed by atoms with van der Waals surface area (Å²) < 4.78 is 10.9. The van der Waals surface area contributed by atoms with Gasteiger partial charge in [-0.05, 0) is 61.0 Å². The summed E-state index contributed by atoms with van der Waals surface area (Å²) >= 11 is 5.95. The molecule has 1 N–H and O–H groups in total. The number of hydrogen-bond donors (Lipinski definition) is 1. The van der Waals surface area contributed by atoms with Crippen molar-refractivity contribution in [3.05, 3.63) is 94.4 Å². The van der Waals surface area contributed by atoms with Gasteiger partial charge in [-0.15, -0.1) is 0 Å². The van der Waals surface area contributed by atoms with Gasteiger partial charge in [-0.1, -0.05) is 23.7 Å². The normalized spacial score (nSPS) is 17.9. The van der Waals surface area contributed by atoms with Gasteiger partial charge in [0.2, 0.25) is 0 Å². The third kappa shape index (κ3) is 4.07. The number of carbonyl (C=O) groups excluding carboxylic acids is 2. The Morgan fingerprint density at radius 2 is 1.81 bits per heavy atom. The molecule has 0 bridgehead atoms. The van der Waals surface area contributed by atoms with Crippen molar-refractivity contribution in [3.8, 4) is 5.75 Å². The zero-order valence-electron chi connectivity index (χ0n) is 16.7. The minimum atomic E-state index is -0.781. The Labute approximate surface area is 184 Å². The Bertz CT molecular complexity index is 1120. The van der Waals surface area contributed by atoms with E-state index >= 15 is 0 Å². The van der Waals surface area contributed by atoms with Crippen LogP contribution in [0, 0.1) is 0 Å². The highest BCUT2D eigenvalue weighted by molar-refractivity contribution is 6.46. The molecule has 1 fully saturated rings. The van der Waals surface area contributed by atoms with Crippen LogP contribution in [0.2, 0.25) is 5.02 Å². The molecule has 1 aromatic heterocycles. The van der Waals surface area contributed by atoms with Crippen molar-refractivity contribution in [3.63, 3.8) is 0 Å². The largest absolute Gasteiger partial charge is 0.507 e.